The van der Waals surface area contributed by atoms with Gasteiger partial charge in [-0.3, -0.25) is 4.79 Å². The van der Waals surface area contributed by atoms with E-state index in [4.69, 9.17) is 9.47 Å². The van der Waals surface area contributed by atoms with E-state index >= 15 is 0 Å². The zero-order valence-electron chi connectivity index (χ0n) is 16.1. The van der Waals surface area contributed by atoms with Crippen LogP contribution >= 0.6 is 0 Å². The van der Waals surface area contributed by atoms with Gasteiger partial charge in [-0.1, -0.05) is 18.2 Å². The van der Waals surface area contributed by atoms with Crippen LogP contribution in [0.2, 0.25) is 0 Å². The molecular weight excluding hydrogens is 362 g/mol. The third-order valence-electron chi connectivity index (χ3n) is 4.06. The van der Waals surface area contributed by atoms with E-state index in [0.717, 1.165) is 16.7 Å². The molecule has 148 valence electrons. The van der Waals surface area contributed by atoms with Gasteiger partial charge in [0.25, 0.3) is 5.91 Å². The molecule has 0 aliphatic heterocycles. The van der Waals surface area contributed by atoms with Crippen molar-refractivity contribution in [3.05, 3.63) is 64.7 Å². The molecule has 7 nitrogen and oxygen atoms in total. The van der Waals surface area contributed by atoms with Crippen molar-refractivity contribution >= 4 is 17.8 Å². The first-order chi connectivity index (χ1) is 13.4. The zero-order chi connectivity index (χ0) is 20.5. The molecule has 0 unspecified atom stereocenters. The second-order valence-corrected chi connectivity index (χ2v) is 6.16. The smallest absolute Gasteiger partial charge is 0.344 e. The summed E-state index contributed by atoms with van der Waals surface area (Å²) in [5, 5.41) is 2.63. The zero-order valence-corrected chi connectivity index (χ0v) is 16.1. The van der Waals surface area contributed by atoms with Crippen molar-refractivity contribution in [2.75, 3.05) is 20.3 Å². The lowest BCUT2D eigenvalue weighted by Crippen LogP contribution is -2.29. The maximum Gasteiger partial charge on any atom is 0.344 e. The Bertz CT molecular complexity index is 844. The molecule has 0 saturated carbocycles. The van der Waals surface area contributed by atoms with E-state index in [2.05, 4.69) is 10.1 Å². The third-order valence-corrected chi connectivity index (χ3v) is 4.06. The molecule has 0 atom stereocenters. The SMILES string of the molecule is COC(=O)c1ccc(CNC(=O)COC(=O)COc2ccc(C)c(C)c2)cc1. The van der Waals surface area contributed by atoms with Crippen LogP contribution in [0.3, 0.4) is 0 Å². The molecule has 1 amide bonds. The van der Waals surface area contributed by atoms with Gasteiger partial charge in [0.15, 0.2) is 13.2 Å². The quantitative estimate of drug-likeness (QED) is 0.702. The molecule has 2 aromatic rings. The first-order valence-corrected chi connectivity index (χ1v) is 8.68. The average molecular weight is 385 g/mol. The second kappa shape index (κ2) is 10.1. The van der Waals surface area contributed by atoms with E-state index < -0.39 is 24.5 Å². The van der Waals surface area contributed by atoms with Gasteiger partial charge in [-0.05, 0) is 54.8 Å². The Morgan fingerprint density at radius 2 is 1.64 bits per heavy atom. The predicted octanol–water partition coefficient (Wildman–Crippen LogP) is 2.33. The molecule has 0 spiro atoms. The molecule has 0 saturated heterocycles. The number of aryl methyl sites for hydroxylation is 2. The monoisotopic (exact) mass is 385 g/mol. The Labute approximate surface area is 163 Å². The van der Waals surface area contributed by atoms with Crippen molar-refractivity contribution in [1.82, 2.24) is 5.32 Å². The summed E-state index contributed by atoms with van der Waals surface area (Å²) in [5.74, 6) is -0.919. The van der Waals surface area contributed by atoms with Gasteiger partial charge in [0, 0.05) is 6.54 Å². The highest BCUT2D eigenvalue weighted by Crippen LogP contribution is 2.16. The number of nitrogens with one attached hydrogen (secondary N) is 1. The summed E-state index contributed by atoms with van der Waals surface area (Å²) in [7, 11) is 1.31. The fourth-order valence-electron chi connectivity index (χ4n) is 2.26. The lowest BCUT2D eigenvalue weighted by Gasteiger charge is -2.09. The summed E-state index contributed by atoms with van der Waals surface area (Å²) < 4.78 is 14.9. The predicted molar refractivity (Wildman–Crippen MR) is 102 cm³/mol. The number of esters is 2. The lowest BCUT2D eigenvalue weighted by molar-refractivity contribution is -0.150. The number of hydrogen-bond donors (Lipinski definition) is 1. The number of carbonyl (C=O) groups is 3. The normalized spacial score (nSPS) is 10.1. The summed E-state index contributed by atoms with van der Waals surface area (Å²) in [6.07, 6.45) is 0. The van der Waals surface area contributed by atoms with Crippen molar-refractivity contribution in [1.29, 1.82) is 0 Å². The fourth-order valence-corrected chi connectivity index (χ4v) is 2.26. The van der Waals surface area contributed by atoms with E-state index in [-0.39, 0.29) is 13.2 Å². The van der Waals surface area contributed by atoms with Crippen molar-refractivity contribution in [2.24, 2.45) is 0 Å². The summed E-state index contributed by atoms with van der Waals surface area (Å²) in [5.41, 5.74) is 3.41. The molecule has 0 fully saturated rings. The van der Waals surface area contributed by atoms with Gasteiger partial charge in [0.05, 0.1) is 12.7 Å². The van der Waals surface area contributed by atoms with E-state index in [1.54, 1.807) is 30.3 Å². The highest BCUT2D eigenvalue weighted by molar-refractivity contribution is 5.89. The summed E-state index contributed by atoms with van der Waals surface area (Å²) in [6.45, 7) is 3.52. The molecule has 7 heteroatoms. The average Bonchev–Trinajstić information content (AvgIpc) is 2.71. The van der Waals surface area contributed by atoms with Gasteiger partial charge >= 0.3 is 11.9 Å². The number of hydrogen-bond acceptors (Lipinski definition) is 6. The number of methoxy groups -OCH3 is 1. The Hall–Kier alpha value is -3.35. The van der Waals surface area contributed by atoms with Crippen LogP contribution in [-0.2, 0) is 25.6 Å². The lowest BCUT2D eigenvalue weighted by atomic mass is 10.1. The van der Waals surface area contributed by atoms with Gasteiger partial charge in [-0.2, -0.15) is 0 Å². The van der Waals surface area contributed by atoms with Gasteiger partial charge < -0.3 is 19.5 Å². The highest BCUT2D eigenvalue weighted by Gasteiger charge is 2.09. The summed E-state index contributed by atoms with van der Waals surface area (Å²) >= 11 is 0. The number of ether oxygens (including phenoxy) is 3. The molecule has 0 aromatic heterocycles. The number of amides is 1. The van der Waals surface area contributed by atoms with Crippen molar-refractivity contribution in [2.45, 2.75) is 20.4 Å². The molecular formula is C21H23NO6. The number of carbonyl (C=O) groups excluding carboxylic acids is 3. The van der Waals surface area contributed by atoms with Crippen LogP contribution in [0.4, 0.5) is 0 Å². The van der Waals surface area contributed by atoms with Crippen LogP contribution in [0.5, 0.6) is 5.75 Å². The number of benzene rings is 2. The standard InChI is InChI=1S/C21H23NO6/c1-14-4-9-18(10-15(14)2)27-13-20(24)28-12-19(23)22-11-16-5-7-17(8-6-16)21(25)26-3/h4-10H,11-13H2,1-3H3,(H,22,23). The molecule has 2 rings (SSSR count). The van der Waals surface area contributed by atoms with E-state index in [0.29, 0.717) is 11.3 Å². The van der Waals surface area contributed by atoms with Gasteiger partial charge in [0.2, 0.25) is 0 Å². The molecule has 0 aliphatic carbocycles. The van der Waals surface area contributed by atoms with Crippen LogP contribution in [0.25, 0.3) is 0 Å². The number of rotatable bonds is 8. The fraction of sp³-hybridized carbons (Fsp3) is 0.286. The van der Waals surface area contributed by atoms with Crippen molar-refractivity contribution < 1.29 is 28.6 Å². The minimum Gasteiger partial charge on any atom is -0.482 e. The summed E-state index contributed by atoms with van der Waals surface area (Å²) in [6, 6.07) is 12.1. The molecule has 0 bridgehead atoms. The highest BCUT2D eigenvalue weighted by atomic mass is 16.6. The molecule has 2 aromatic carbocycles. The molecule has 28 heavy (non-hydrogen) atoms. The first kappa shape index (κ1) is 21.0. The van der Waals surface area contributed by atoms with Gasteiger partial charge in [-0.15, -0.1) is 0 Å². The van der Waals surface area contributed by atoms with Crippen molar-refractivity contribution in [3.8, 4) is 5.75 Å². The van der Waals surface area contributed by atoms with E-state index in [1.165, 1.54) is 7.11 Å². The Morgan fingerprint density at radius 3 is 2.29 bits per heavy atom. The van der Waals surface area contributed by atoms with Crippen LogP contribution in [0.1, 0.15) is 27.0 Å². The topological polar surface area (TPSA) is 90.9 Å². The maximum absolute atomic E-state index is 11.8. The Balaban J connectivity index is 1.69. The maximum atomic E-state index is 11.8. The largest absolute Gasteiger partial charge is 0.482 e. The third kappa shape index (κ3) is 6.42. The summed E-state index contributed by atoms with van der Waals surface area (Å²) in [4.78, 5) is 34.9. The van der Waals surface area contributed by atoms with Crippen molar-refractivity contribution in [3.63, 3.8) is 0 Å². The van der Waals surface area contributed by atoms with Gasteiger partial charge in [0.1, 0.15) is 5.75 Å². The molecule has 0 radical (unpaired) electrons. The van der Waals surface area contributed by atoms with Crippen LogP contribution in [0.15, 0.2) is 42.5 Å². The molecule has 1 N–H and O–H groups in total. The molecule has 0 aliphatic rings. The van der Waals surface area contributed by atoms with Crippen LogP contribution in [-0.4, -0.2) is 38.2 Å². The molecule has 0 heterocycles. The first-order valence-electron chi connectivity index (χ1n) is 8.68. The van der Waals surface area contributed by atoms with Crippen LogP contribution < -0.4 is 10.1 Å². The minimum absolute atomic E-state index is 0.247. The Morgan fingerprint density at radius 1 is 0.929 bits per heavy atom. The van der Waals surface area contributed by atoms with Crippen LogP contribution in [0, 0.1) is 13.8 Å². The van der Waals surface area contributed by atoms with E-state index in [1.807, 2.05) is 26.0 Å². The van der Waals surface area contributed by atoms with Gasteiger partial charge in [-0.25, -0.2) is 9.59 Å². The second-order valence-electron chi connectivity index (χ2n) is 6.16. The van der Waals surface area contributed by atoms with E-state index in [9.17, 15) is 14.4 Å². The Kier molecular flexibility index (Phi) is 7.56. The minimum atomic E-state index is -0.629.